The second kappa shape index (κ2) is 7.48. The molecule has 3 nitrogen and oxygen atoms in total. The lowest BCUT2D eigenvalue weighted by Gasteiger charge is -2.32. The quantitative estimate of drug-likeness (QED) is 0.820. The lowest BCUT2D eigenvalue weighted by atomic mass is 9.85. The van der Waals surface area contributed by atoms with E-state index in [1.807, 2.05) is 24.0 Å². The molecule has 1 saturated carbocycles. The fourth-order valence-electron chi connectivity index (χ4n) is 2.80. The number of carbonyl (C=O) groups is 1. The monoisotopic (exact) mass is 288 g/mol. The van der Waals surface area contributed by atoms with Crippen LogP contribution < -0.4 is 5.32 Å². The van der Waals surface area contributed by atoms with Crippen molar-refractivity contribution >= 4 is 11.6 Å². The van der Waals surface area contributed by atoms with Crippen molar-refractivity contribution in [3.63, 3.8) is 0 Å². The van der Waals surface area contributed by atoms with Crippen LogP contribution in [-0.2, 0) is 0 Å². The summed E-state index contributed by atoms with van der Waals surface area (Å²) in [6.45, 7) is 8.94. The topological polar surface area (TPSA) is 32.3 Å². The van der Waals surface area contributed by atoms with Crippen molar-refractivity contribution in [2.24, 2.45) is 5.92 Å². The van der Waals surface area contributed by atoms with E-state index in [2.05, 4.69) is 25.2 Å². The molecule has 1 fully saturated rings. The lowest BCUT2D eigenvalue weighted by Crippen LogP contribution is -2.37. The van der Waals surface area contributed by atoms with Crippen LogP contribution in [0, 0.1) is 12.8 Å². The molecule has 21 heavy (non-hydrogen) atoms. The van der Waals surface area contributed by atoms with E-state index in [1.165, 1.54) is 19.3 Å². The standard InChI is InChI=1S/C18H28N2O/c1-4-11-19-16-9-10-17(14(3)12-16)18(21)20(5-2)13-15-7-6-8-15/h9-10,12,15,19H,4-8,11,13H2,1-3H3. The van der Waals surface area contributed by atoms with Gasteiger partial charge in [-0.1, -0.05) is 13.3 Å². The number of carbonyl (C=O) groups excluding carboxylic acids is 1. The van der Waals surface area contributed by atoms with Crippen molar-refractivity contribution in [1.29, 1.82) is 0 Å². The summed E-state index contributed by atoms with van der Waals surface area (Å²) in [6, 6.07) is 6.08. The summed E-state index contributed by atoms with van der Waals surface area (Å²) in [5.41, 5.74) is 3.01. The normalized spacial score (nSPS) is 14.6. The molecule has 0 bridgehead atoms. The fourth-order valence-corrected chi connectivity index (χ4v) is 2.80. The van der Waals surface area contributed by atoms with Gasteiger partial charge in [0.2, 0.25) is 0 Å². The Labute approximate surface area is 128 Å². The highest BCUT2D eigenvalue weighted by Crippen LogP contribution is 2.28. The van der Waals surface area contributed by atoms with Crippen LogP contribution in [-0.4, -0.2) is 30.4 Å². The Kier molecular flexibility index (Phi) is 5.66. The molecule has 0 atom stereocenters. The molecule has 0 aliphatic heterocycles. The van der Waals surface area contributed by atoms with E-state index in [-0.39, 0.29) is 5.91 Å². The Hall–Kier alpha value is -1.51. The molecular formula is C18H28N2O. The van der Waals surface area contributed by atoms with E-state index in [0.29, 0.717) is 0 Å². The Morgan fingerprint density at radius 2 is 2.10 bits per heavy atom. The summed E-state index contributed by atoms with van der Waals surface area (Å²) in [5.74, 6) is 0.906. The zero-order chi connectivity index (χ0) is 15.2. The molecule has 1 aliphatic rings. The third-order valence-corrected chi connectivity index (χ3v) is 4.41. The molecule has 0 spiro atoms. The molecule has 0 heterocycles. The summed E-state index contributed by atoms with van der Waals surface area (Å²) in [7, 11) is 0. The SMILES string of the molecule is CCCNc1ccc(C(=O)N(CC)CC2CCC2)c(C)c1. The predicted octanol–water partition coefficient (Wildman–Crippen LogP) is 4.08. The summed E-state index contributed by atoms with van der Waals surface area (Å²) >= 11 is 0. The number of nitrogens with one attached hydrogen (secondary N) is 1. The Balaban J connectivity index is 2.05. The van der Waals surface area contributed by atoms with Crippen LogP contribution in [0.15, 0.2) is 18.2 Å². The second-order valence-electron chi connectivity index (χ2n) is 6.10. The van der Waals surface area contributed by atoms with Gasteiger partial charge in [-0.3, -0.25) is 4.79 Å². The predicted molar refractivity (Wildman–Crippen MR) is 88.9 cm³/mol. The molecule has 0 radical (unpaired) electrons. The van der Waals surface area contributed by atoms with Crippen molar-refractivity contribution in [3.05, 3.63) is 29.3 Å². The van der Waals surface area contributed by atoms with E-state index < -0.39 is 0 Å². The van der Waals surface area contributed by atoms with E-state index in [9.17, 15) is 4.79 Å². The first-order chi connectivity index (χ1) is 10.2. The Bertz CT molecular complexity index is 480. The van der Waals surface area contributed by atoms with Gasteiger partial charge in [0.05, 0.1) is 0 Å². The number of nitrogens with zero attached hydrogens (tertiary/aromatic N) is 1. The number of hydrogen-bond acceptors (Lipinski definition) is 2. The van der Waals surface area contributed by atoms with Crippen molar-refractivity contribution in [3.8, 4) is 0 Å². The first-order valence-electron chi connectivity index (χ1n) is 8.29. The maximum Gasteiger partial charge on any atom is 0.254 e. The highest BCUT2D eigenvalue weighted by Gasteiger charge is 2.24. The van der Waals surface area contributed by atoms with E-state index >= 15 is 0 Å². The molecular weight excluding hydrogens is 260 g/mol. The van der Waals surface area contributed by atoms with Crippen LogP contribution in [0.1, 0.15) is 55.5 Å². The van der Waals surface area contributed by atoms with Crippen molar-refractivity contribution < 1.29 is 4.79 Å². The first kappa shape index (κ1) is 15.9. The molecule has 3 heteroatoms. The van der Waals surface area contributed by atoms with Gasteiger partial charge in [-0.25, -0.2) is 0 Å². The molecule has 0 unspecified atom stereocenters. The number of benzene rings is 1. The van der Waals surface area contributed by atoms with Crippen LogP contribution >= 0.6 is 0 Å². The average Bonchev–Trinajstić information content (AvgIpc) is 2.43. The minimum Gasteiger partial charge on any atom is -0.385 e. The van der Waals surface area contributed by atoms with Crippen LogP contribution in [0.25, 0.3) is 0 Å². The number of hydrogen-bond donors (Lipinski definition) is 1. The molecule has 1 aliphatic carbocycles. The number of rotatable bonds is 7. The van der Waals surface area contributed by atoms with E-state index in [1.54, 1.807) is 0 Å². The molecule has 0 aromatic heterocycles. The van der Waals surface area contributed by atoms with Crippen molar-refractivity contribution in [1.82, 2.24) is 4.90 Å². The minimum absolute atomic E-state index is 0.184. The Morgan fingerprint density at radius 1 is 1.33 bits per heavy atom. The molecule has 1 aromatic carbocycles. The fraction of sp³-hybridized carbons (Fsp3) is 0.611. The maximum absolute atomic E-state index is 12.7. The van der Waals surface area contributed by atoms with Gasteiger partial charge in [0.25, 0.3) is 5.91 Å². The van der Waals surface area contributed by atoms with Gasteiger partial charge in [0.15, 0.2) is 0 Å². The van der Waals surface area contributed by atoms with Crippen LogP contribution in [0.5, 0.6) is 0 Å². The van der Waals surface area contributed by atoms with Gasteiger partial charge >= 0.3 is 0 Å². The van der Waals surface area contributed by atoms with Crippen molar-refractivity contribution in [2.45, 2.75) is 46.5 Å². The third-order valence-electron chi connectivity index (χ3n) is 4.41. The second-order valence-corrected chi connectivity index (χ2v) is 6.10. The molecule has 0 saturated heterocycles. The minimum atomic E-state index is 0.184. The third kappa shape index (κ3) is 3.99. The lowest BCUT2D eigenvalue weighted by molar-refractivity contribution is 0.0706. The van der Waals surface area contributed by atoms with Crippen LogP contribution in [0.2, 0.25) is 0 Å². The highest BCUT2D eigenvalue weighted by atomic mass is 16.2. The van der Waals surface area contributed by atoms with Gasteiger partial charge in [0.1, 0.15) is 0 Å². The summed E-state index contributed by atoms with van der Waals surface area (Å²) < 4.78 is 0. The number of aryl methyl sites for hydroxylation is 1. The van der Waals surface area contributed by atoms with E-state index in [0.717, 1.165) is 48.8 Å². The van der Waals surface area contributed by atoms with Gasteiger partial charge in [-0.15, -0.1) is 0 Å². The number of amides is 1. The molecule has 1 aromatic rings. The summed E-state index contributed by atoms with van der Waals surface area (Å²) in [6.07, 6.45) is 4.99. The summed E-state index contributed by atoms with van der Waals surface area (Å²) in [5, 5.41) is 3.37. The van der Waals surface area contributed by atoms with E-state index in [4.69, 9.17) is 0 Å². The molecule has 1 amide bonds. The van der Waals surface area contributed by atoms with Gasteiger partial charge in [0, 0.05) is 30.9 Å². The molecule has 1 N–H and O–H groups in total. The van der Waals surface area contributed by atoms with Gasteiger partial charge in [-0.2, -0.15) is 0 Å². The zero-order valence-electron chi connectivity index (χ0n) is 13.6. The van der Waals surface area contributed by atoms with Gasteiger partial charge in [-0.05, 0) is 62.8 Å². The number of anilines is 1. The molecule has 2 rings (SSSR count). The first-order valence-corrected chi connectivity index (χ1v) is 8.29. The molecule has 116 valence electrons. The Morgan fingerprint density at radius 3 is 2.62 bits per heavy atom. The van der Waals surface area contributed by atoms with Crippen molar-refractivity contribution in [2.75, 3.05) is 25.0 Å². The zero-order valence-corrected chi connectivity index (χ0v) is 13.6. The highest BCUT2D eigenvalue weighted by molar-refractivity contribution is 5.96. The largest absolute Gasteiger partial charge is 0.385 e. The maximum atomic E-state index is 12.7. The van der Waals surface area contributed by atoms with Gasteiger partial charge < -0.3 is 10.2 Å². The average molecular weight is 288 g/mol. The van der Waals surface area contributed by atoms with Crippen LogP contribution in [0.4, 0.5) is 5.69 Å². The summed E-state index contributed by atoms with van der Waals surface area (Å²) in [4.78, 5) is 14.7. The smallest absolute Gasteiger partial charge is 0.254 e. The van der Waals surface area contributed by atoms with Crippen LogP contribution in [0.3, 0.4) is 0 Å².